The highest BCUT2D eigenvalue weighted by Gasteiger charge is 2.23. The number of nitrogens with zero attached hydrogens (tertiary/aromatic N) is 1. The number of carbonyl (C=O) groups excluding carboxylic acids is 1. The molecule has 1 aromatic rings. The summed E-state index contributed by atoms with van der Waals surface area (Å²) >= 11 is 0. The van der Waals surface area contributed by atoms with Crippen LogP contribution in [0.15, 0.2) is 12.1 Å². The van der Waals surface area contributed by atoms with Crippen molar-refractivity contribution in [3.05, 3.63) is 35.1 Å². The zero-order valence-corrected chi connectivity index (χ0v) is 10.5. The minimum atomic E-state index is -1.62. The van der Waals surface area contributed by atoms with Crippen molar-refractivity contribution in [1.82, 2.24) is 10.2 Å². The molecule has 1 aliphatic rings. The lowest BCUT2D eigenvalue weighted by Crippen LogP contribution is -2.38. The van der Waals surface area contributed by atoms with E-state index in [9.17, 15) is 18.0 Å². The molecule has 0 saturated carbocycles. The number of benzene rings is 1. The number of likely N-dealkylation sites (tertiary alicyclic amines) is 1. The number of halogens is 3. The summed E-state index contributed by atoms with van der Waals surface area (Å²) in [6, 6.07) is 1.90. The topological polar surface area (TPSA) is 32.3 Å². The number of hydrogen-bond donors (Lipinski definition) is 1. The lowest BCUT2D eigenvalue weighted by atomic mass is 10.1. The van der Waals surface area contributed by atoms with Crippen LogP contribution >= 0.6 is 0 Å². The third kappa shape index (κ3) is 2.89. The molecule has 0 radical (unpaired) electrons. The third-order valence-electron chi connectivity index (χ3n) is 3.45. The number of likely N-dealkylation sites (N-methyl/N-ethyl adjacent to an activating group) is 1. The lowest BCUT2D eigenvalue weighted by molar-refractivity contribution is 0.0938. The summed E-state index contributed by atoms with van der Waals surface area (Å²) < 4.78 is 39.2. The summed E-state index contributed by atoms with van der Waals surface area (Å²) in [4.78, 5) is 13.8. The Morgan fingerprint density at radius 1 is 1.37 bits per heavy atom. The molecule has 0 aliphatic carbocycles. The van der Waals surface area contributed by atoms with Gasteiger partial charge < -0.3 is 10.2 Å². The van der Waals surface area contributed by atoms with Gasteiger partial charge in [0.1, 0.15) is 0 Å². The molecular formula is C13H15F3N2O. The number of hydrogen-bond acceptors (Lipinski definition) is 2. The summed E-state index contributed by atoms with van der Waals surface area (Å²) in [5, 5.41) is 2.55. The monoisotopic (exact) mass is 272 g/mol. The molecule has 19 heavy (non-hydrogen) atoms. The van der Waals surface area contributed by atoms with E-state index in [-0.39, 0.29) is 6.04 Å². The van der Waals surface area contributed by atoms with E-state index in [2.05, 4.69) is 10.2 Å². The Balaban J connectivity index is 2.02. The number of carbonyl (C=O) groups is 1. The van der Waals surface area contributed by atoms with Crippen LogP contribution in [0.5, 0.6) is 0 Å². The molecule has 1 N–H and O–H groups in total. The standard InChI is InChI=1S/C13H15F3N2O/c1-18-6-2-3-8(18)7-17-13(19)9-4-5-10(14)12(16)11(9)15/h4-5,8H,2-3,6-7H2,1H3,(H,17,19). The molecule has 1 aromatic carbocycles. The van der Waals surface area contributed by atoms with Gasteiger partial charge in [0.2, 0.25) is 0 Å². The molecular weight excluding hydrogens is 257 g/mol. The molecule has 6 heteroatoms. The van der Waals surface area contributed by atoms with Gasteiger partial charge in [-0.1, -0.05) is 0 Å². The fourth-order valence-electron chi connectivity index (χ4n) is 2.24. The van der Waals surface area contributed by atoms with Crippen molar-refractivity contribution in [3.63, 3.8) is 0 Å². The van der Waals surface area contributed by atoms with Crippen LogP contribution in [0.25, 0.3) is 0 Å². The Morgan fingerprint density at radius 3 is 2.74 bits per heavy atom. The first-order valence-corrected chi connectivity index (χ1v) is 6.12. The van der Waals surface area contributed by atoms with Crippen LogP contribution in [0, 0.1) is 17.5 Å². The smallest absolute Gasteiger partial charge is 0.254 e. The van der Waals surface area contributed by atoms with E-state index in [1.54, 1.807) is 0 Å². The predicted octanol–water partition coefficient (Wildman–Crippen LogP) is 1.93. The van der Waals surface area contributed by atoms with Gasteiger partial charge in [0.25, 0.3) is 5.91 Å². The molecule has 0 aromatic heterocycles. The first-order chi connectivity index (χ1) is 9.00. The van der Waals surface area contributed by atoms with Crippen molar-refractivity contribution >= 4 is 5.91 Å². The average Bonchev–Trinajstić information content (AvgIpc) is 2.79. The highest BCUT2D eigenvalue weighted by Crippen LogP contribution is 2.16. The number of nitrogens with one attached hydrogen (secondary N) is 1. The van der Waals surface area contributed by atoms with Crippen LogP contribution in [-0.2, 0) is 0 Å². The molecule has 0 bridgehead atoms. The zero-order chi connectivity index (χ0) is 14.0. The Morgan fingerprint density at radius 2 is 2.11 bits per heavy atom. The minimum Gasteiger partial charge on any atom is -0.350 e. The lowest BCUT2D eigenvalue weighted by Gasteiger charge is -2.19. The predicted molar refractivity (Wildman–Crippen MR) is 64.3 cm³/mol. The van der Waals surface area contributed by atoms with Gasteiger partial charge in [0, 0.05) is 12.6 Å². The second kappa shape index (κ2) is 5.61. The largest absolute Gasteiger partial charge is 0.350 e. The van der Waals surface area contributed by atoms with Crippen LogP contribution < -0.4 is 5.32 Å². The van der Waals surface area contributed by atoms with Gasteiger partial charge in [-0.25, -0.2) is 13.2 Å². The molecule has 2 rings (SSSR count). The Kier molecular flexibility index (Phi) is 4.09. The summed E-state index contributed by atoms with van der Waals surface area (Å²) in [5.74, 6) is -5.09. The summed E-state index contributed by atoms with van der Waals surface area (Å²) in [7, 11) is 1.95. The molecule has 1 atom stereocenters. The van der Waals surface area contributed by atoms with Crippen molar-refractivity contribution in [1.29, 1.82) is 0 Å². The first-order valence-electron chi connectivity index (χ1n) is 6.12. The van der Waals surface area contributed by atoms with Crippen LogP contribution in [-0.4, -0.2) is 37.0 Å². The molecule has 1 fully saturated rings. The molecule has 104 valence electrons. The average molecular weight is 272 g/mol. The van der Waals surface area contributed by atoms with Crippen molar-refractivity contribution in [2.45, 2.75) is 18.9 Å². The Labute approximate surface area is 109 Å². The van der Waals surface area contributed by atoms with Gasteiger partial charge in [0.15, 0.2) is 17.5 Å². The van der Waals surface area contributed by atoms with E-state index in [1.165, 1.54) is 0 Å². The fourth-order valence-corrected chi connectivity index (χ4v) is 2.24. The molecule has 0 spiro atoms. The molecule has 1 heterocycles. The van der Waals surface area contributed by atoms with Gasteiger partial charge in [-0.05, 0) is 38.6 Å². The fraction of sp³-hybridized carbons (Fsp3) is 0.462. The van der Waals surface area contributed by atoms with Crippen LogP contribution in [0.3, 0.4) is 0 Å². The van der Waals surface area contributed by atoms with E-state index in [1.807, 2.05) is 7.05 Å². The zero-order valence-electron chi connectivity index (χ0n) is 10.5. The normalized spacial score (nSPS) is 19.7. The molecule has 3 nitrogen and oxygen atoms in total. The molecule has 1 unspecified atom stereocenters. The van der Waals surface area contributed by atoms with E-state index >= 15 is 0 Å². The maximum Gasteiger partial charge on any atom is 0.254 e. The van der Waals surface area contributed by atoms with Gasteiger partial charge in [0.05, 0.1) is 5.56 Å². The second-order valence-corrected chi connectivity index (χ2v) is 4.71. The third-order valence-corrected chi connectivity index (χ3v) is 3.45. The van der Waals surface area contributed by atoms with Crippen molar-refractivity contribution in [3.8, 4) is 0 Å². The van der Waals surface area contributed by atoms with Gasteiger partial charge in [-0.2, -0.15) is 0 Å². The quantitative estimate of drug-likeness (QED) is 0.853. The Bertz CT molecular complexity index is 493. The summed E-state index contributed by atoms with van der Waals surface area (Å²) in [6.07, 6.45) is 2.01. The Hall–Kier alpha value is -1.56. The number of rotatable bonds is 3. The SMILES string of the molecule is CN1CCCC1CNC(=O)c1ccc(F)c(F)c1F. The van der Waals surface area contributed by atoms with E-state index < -0.39 is 28.9 Å². The van der Waals surface area contributed by atoms with E-state index in [0.29, 0.717) is 6.54 Å². The summed E-state index contributed by atoms with van der Waals surface area (Å²) in [6.45, 7) is 1.33. The van der Waals surface area contributed by atoms with Crippen LogP contribution in [0.4, 0.5) is 13.2 Å². The van der Waals surface area contributed by atoms with Gasteiger partial charge in [-0.15, -0.1) is 0 Å². The maximum absolute atomic E-state index is 13.4. The maximum atomic E-state index is 13.4. The first kappa shape index (κ1) is 13.9. The van der Waals surface area contributed by atoms with E-state index in [4.69, 9.17) is 0 Å². The van der Waals surface area contributed by atoms with Crippen LogP contribution in [0.1, 0.15) is 23.2 Å². The molecule has 1 saturated heterocycles. The highest BCUT2D eigenvalue weighted by molar-refractivity contribution is 5.94. The second-order valence-electron chi connectivity index (χ2n) is 4.71. The number of amides is 1. The van der Waals surface area contributed by atoms with Crippen molar-refractivity contribution < 1.29 is 18.0 Å². The van der Waals surface area contributed by atoms with Crippen molar-refractivity contribution in [2.24, 2.45) is 0 Å². The van der Waals surface area contributed by atoms with Gasteiger partial charge in [-0.3, -0.25) is 4.79 Å². The molecule has 1 aliphatic heterocycles. The van der Waals surface area contributed by atoms with E-state index in [0.717, 1.165) is 31.5 Å². The summed E-state index contributed by atoms with van der Waals surface area (Å²) in [5.41, 5.74) is -0.473. The van der Waals surface area contributed by atoms with Crippen LogP contribution in [0.2, 0.25) is 0 Å². The minimum absolute atomic E-state index is 0.206. The highest BCUT2D eigenvalue weighted by atomic mass is 19.2. The van der Waals surface area contributed by atoms with Gasteiger partial charge >= 0.3 is 0 Å². The van der Waals surface area contributed by atoms with Crippen molar-refractivity contribution in [2.75, 3.05) is 20.1 Å². The molecule has 1 amide bonds.